The van der Waals surface area contributed by atoms with Crippen LogP contribution in [0.25, 0.3) is 22.4 Å². The molecule has 192 valence electrons. The van der Waals surface area contributed by atoms with Crippen molar-refractivity contribution >= 4 is 33.9 Å². The molecule has 0 radical (unpaired) electrons. The number of ketones is 2. The molecule has 1 aliphatic rings. The topological polar surface area (TPSA) is 61.2 Å². The number of carbonyl (C=O) groups excluding carboxylic acids is 2. The van der Waals surface area contributed by atoms with Crippen LogP contribution in [-0.2, 0) is 0 Å². The Bertz CT molecular complexity index is 1470. The summed E-state index contributed by atoms with van der Waals surface area (Å²) in [5, 5.41) is 0. The normalized spacial score (nSPS) is 17.7. The van der Waals surface area contributed by atoms with E-state index in [4.69, 9.17) is 9.72 Å². The Morgan fingerprint density at radius 1 is 1.14 bits per heavy atom. The Kier molecular flexibility index (Phi) is 7.24. The van der Waals surface area contributed by atoms with E-state index in [-0.39, 0.29) is 29.3 Å². The number of methoxy groups -OCH3 is 1. The quantitative estimate of drug-likeness (QED) is 0.223. The number of carbonyl (C=O) groups is 2. The molecule has 2 atom stereocenters. The van der Waals surface area contributed by atoms with E-state index >= 15 is 4.39 Å². The highest BCUT2D eigenvalue weighted by Crippen LogP contribution is 2.41. The van der Waals surface area contributed by atoms with Crippen molar-refractivity contribution in [1.82, 2.24) is 9.55 Å². The summed E-state index contributed by atoms with van der Waals surface area (Å²) in [7, 11) is 1.56. The van der Waals surface area contributed by atoms with Gasteiger partial charge in [-0.1, -0.05) is 25.5 Å². The minimum Gasteiger partial charge on any atom is -0.496 e. The van der Waals surface area contributed by atoms with E-state index in [1.54, 1.807) is 42.7 Å². The van der Waals surface area contributed by atoms with Crippen LogP contribution in [-0.4, -0.2) is 28.2 Å². The van der Waals surface area contributed by atoms with Gasteiger partial charge in [0.2, 0.25) is 0 Å². The molecule has 0 N–H and O–H groups in total. The number of rotatable bonds is 8. The second kappa shape index (κ2) is 10.6. The number of fused-ring (bicyclic) bond motifs is 1. The highest BCUT2D eigenvalue weighted by atomic mass is 32.1. The first-order chi connectivity index (χ1) is 17.9. The highest BCUT2D eigenvalue weighted by Gasteiger charge is 2.30. The van der Waals surface area contributed by atoms with E-state index in [1.807, 2.05) is 32.0 Å². The molecule has 7 heteroatoms. The van der Waals surface area contributed by atoms with Crippen molar-refractivity contribution in [1.29, 1.82) is 0 Å². The first kappa shape index (κ1) is 25.3. The molecule has 5 nitrogen and oxygen atoms in total. The van der Waals surface area contributed by atoms with Crippen LogP contribution in [0.5, 0.6) is 5.75 Å². The molecule has 37 heavy (non-hydrogen) atoms. The lowest BCUT2D eigenvalue weighted by atomic mass is 9.82. The molecule has 0 bridgehead atoms. The van der Waals surface area contributed by atoms with Crippen molar-refractivity contribution < 1.29 is 18.7 Å². The lowest BCUT2D eigenvalue weighted by molar-refractivity contribution is 0.0944. The molecule has 0 spiro atoms. The van der Waals surface area contributed by atoms with Gasteiger partial charge in [0.05, 0.1) is 34.1 Å². The number of aromatic nitrogens is 2. The molecule has 1 fully saturated rings. The third-order valence-electron chi connectivity index (χ3n) is 7.36. The van der Waals surface area contributed by atoms with E-state index < -0.39 is 0 Å². The van der Waals surface area contributed by atoms with Crippen LogP contribution in [0.4, 0.5) is 4.39 Å². The van der Waals surface area contributed by atoms with Crippen LogP contribution in [0.2, 0.25) is 0 Å². The van der Waals surface area contributed by atoms with Crippen molar-refractivity contribution in [3.05, 3.63) is 69.7 Å². The molecular formula is C30H31FN2O3S. The number of aryl methyl sites for hydroxylation is 1. The minimum absolute atomic E-state index is 0.0270. The minimum atomic E-state index is -0.341. The fourth-order valence-electron chi connectivity index (χ4n) is 5.53. The van der Waals surface area contributed by atoms with Gasteiger partial charge in [0.1, 0.15) is 17.4 Å². The fourth-order valence-corrected chi connectivity index (χ4v) is 6.35. The summed E-state index contributed by atoms with van der Waals surface area (Å²) in [5.41, 5.74) is 2.37. The van der Waals surface area contributed by atoms with Gasteiger partial charge in [0.25, 0.3) is 0 Å². The summed E-state index contributed by atoms with van der Waals surface area (Å²) in [4.78, 5) is 32.4. The van der Waals surface area contributed by atoms with Crippen LogP contribution < -0.4 is 4.74 Å². The van der Waals surface area contributed by atoms with Crippen LogP contribution in [0, 0.1) is 18.7 Å². The van der Waals surface area contributed by atoms with E-state index in [0.717, 1.165) is 41.0 Å². The number of hydrogen-bond donors (Lipinski definition) is 0. The standard InChI is InChI=1S/C30H31FN2O3S/c1-4-26(34)22-16-24-25(17-28(22)36-3)33(30(32-24)21-10-5-6-11-23(21)31)20-9-7-8-19(14-20)15-27(35)29-13-12-18(2)37-29/h5-6,10-13,16-17,19-20H,4,7-9,14-15H2,1-3H3/t19-,20+/m1/s1. The highest BCUT2D eigenvalue weighted by molar-refractivity contribution is 7.14. The fraction of sp³-hybridized carbons (Fsp3) is 0.367. The SMILES string of the molecule is CCC(=O)c1cc2nc(-c3ccccc3F)n([C@H]3CCC[C@@H](CC(=O)c4ccc(C)s4)C3)c2cc1OC. The monoisotopic (exact) mass is 518 g/mol. The Morgan fingerprint density at radius 3 is 2.65 bits per heavy atom. The second-order valence-corrected chi connectivity index (χ2v) is 11.1. The van der Waals surface area contributed by atoms with Gasteiger partial charge in [-0.15, -0.1) is 11.3 Å². The van der Waals surface area contributed by atoms with E-state index in [0.29, 0.717) is 41.1 Å². The van der Waals surface area contributed by atoms with Crippen molar-refractivity contribution in [3.8, 4) is 17.1 Å². The predicted octanol–water partition coefficient (Wildman–Crippen LogP) is 7.82. The first-order valence-electron chi connectivity index (χ1n) is 12.9. The lowest BCUT2D eigenvalue weighted by Gasteiger charge is -2.31. The van der Waals surface area contributed by atoms with Gasteiger partial charge in [-0.05, 0) is 62.4 Å². The molecule has 0 saturated heterocycles. The molecule has 0 amide bonds. The Labute approximate surface area is 220 Å². The van der Waals surface area contributed by atoms with Crippen molar-refractivity contribution in [3.63, 3.8) is 0 Å². The molecule has 2 aromatic heterocycles. The summed E-state index contributed by atoms with van der Waals surface area (Å²) in [5.74, 6) is 1.10. The summed E-state index contributed by atoms with van der Waals surface area (Å²) in [6.07, 6.45) is 4.55. The van der Waals surface area contributed by atoms with Crippen LogP contribution >= 0.6 is 11.3 Å². The van der Waals surface area contributed by atoms with Crippen molar-refractivity contribution in [2.24, 2.45) is 5.92 Å². The van der Waals surface area contributed by atoms with Gasteiger partial charge in [-0.3, -0.25) is 9.59 Å². The van der Waals surface area contributed by atoms with Gasteiger partial charge < -0.3 is 9.30 Å². The maximum absolute atomic E-state index is 15.0. The molecule has 5 rings (SSSR count). The van der Waals surface area contributed by atoms with Crippen LogP contribution in [0.15, 0.2) is 48.5 Å². The van der Waals surface area contributed by atoms with Gasteiger partial charge in [0.15, 0.2) is 11.6 Å². The third-order valence-corrected chi connectivity index (χ3v) is 8.40. The van der Waals surface area contributed by atoms with Gasteiger partial charge >= 0.3 is 0 Å². The Balaban J connectivity index is 1.57. The molecular weight excluding hydrogens is 487 g/mol. The molecule has 1 saturated carbocycles. The summed E-state index contributed by atoms with van der Waals surface area (Å²) in [6.45, 7) is 3.83. The molecule has 0 unspecified atom stereocenters. The number of hydrogen-bond acceptors (Lipinski definition) is 5. The number of Topliss-reactive ketones (excluding diaryl/α,β-unsaturated/α-hetero) is 2. The molecule has 2 heterocycles. The summed E-state index contributed by atoms with van der Waals surface area (Å²) >= 11 is 1.55. The van der Waals surface area contributed by atoms with E-state index in [1.165, 1.54) is 6.07 Å². The van der Waals surface area contributed by atoms with Crippen molar-refractivity contribution in [2.45, 2.75) is 58.4 Å². The third kappa shape index (κ3) is 4.97. The zero-order valence-electron chi connectivity index (χ0n) is 21.4. The van der Waals surface area contributed by atoms with Crippen molar-refractivity contribution in [2.75, 3.05) is 7.11 Å². The molecule has 2 aromatic carbocycles. The maximum atomic E-state index is 15.0. The van der Waals surface area contributed by atoms with Gasteiger partial charge in [-0.2, -0.15) is 0 Å². The number of ether oxygens (including phenoxy) is 1. The van der Waals surface area contributed by atoms with Gasteiger partial charge in [-0.25, -0.2) is 9.37 Å². The average molecular weight is 519 g/mol. The number of benzene rings is 2. The van der Waals surface area contributed by atoms with Crippen LogP contribution in [0.1, 0.15) is 76.4 Å². The molecule has 4 aromatic rings. The summed E-state index contributed by atoms with van der Waals surface area (Å²) < 4.78 is 22.7. The zero-order chi connectivity index (χ0) is 26.1. The second-order valence-electron chi connectivity index (χ2n) is 9.83. The Morgan fingerprint density at radius 2 is 1.95 bits per heavy atom. The number of thiophene rings is 1. The molecule has 0 aliphatic heterocycles. The number of halogens is 1. The van der Waals surface area contributed by atoms with E-state index in [9.17, 15) is 9.59 Å². The number of nitrogens with zero attached hydrogens (tertiary/aromatic N) is 2. The van der Waals surface area contributed by atoms with E-state index in [2.05, 4.69) is 4.57 Å². The first-order valence-corrected chi connectivity index (χ1v) is 13.7. The maximum Gasteiger partial charge on any atom is 0.173 e. The number of imidazole rings is 1. The Hall–Kier alpha value is -3.32. The van der Waals surface area contributed by atoms with Crippen LogP contribution in [0.3, 0.4) is 0 Å². The van der Waals surface area contributed by atoms with Gasteiger partial charge in [0, 0.05) is 29.8 Å². The summed E-state index contributed by atoms with van der Waals surface area (Å²) in [6, 6.07) is 14.2. The zero-order valence-corrected chi connectivity index (χ0v) is 22.2. The smallest absolute Gasteiger partial charge is 0.173 e. The molecule has 1 aliphatic carbocycles. The average Bonchev–Trinajstić information content (AvgIpc) is 3.51. The largest absolute Gasteiger partial charge is 0.496 e. The predicted molar refractivity (Wildman–Crippen MR) is 145 cm³/mol. The lowest BCUT2D eigenvalue weighted by Crippen LogP contribution is -2.22.